The van der Waals surface area contributed by atoms with Gasteiger partial charge in [-0.2, -0.15) is 0 Å². The lowest BCUT2D eigenvalue weighted by Gasteiger charge is -2.37. The third-order valence-corrected chi connectivity index (χ3v) is 4.22. The van der Waals surface area contributed by atoms with Crippen molar-refractivity contribution in [1.29, 1.82) is 0 Å². The van der Waals surface area contributed by atoms with Crippen molar-refractivity contribution < 1.29 is 22.7 Å². The van der Waals surface area contributed by atoms with Crippen LogP contribution in [0.4, 0.5) is 4.79 Å². The number of hydrogen-bond acceptors (Lipinski definition) is 6. The average molecular weight is 336 g/mol. The van der Waals surface area contributed by atoms with Crippen LogP contribution in [0.3, 0.4) is 0 Å². The summed E-state index contributed by atoms with van der Waals surface area (Å²) in [5.41, 5.74) is -0.545. The second-order valence-corrected chi connectivity index (χ2v) is 8.99. The zero-order valence-corrected chi connectivity index (χ0v) is 14.9. The summed E-state index contributed by atoms with van der Waals surface area (Å²) in [5, 5.41) is 3.15. The van der Waals surface area contributed by atoms with Gasteiger partial charge in [0, 0.05) is 25.4 Å². The molecule has 1 N–H and O–H groups in total. The van der Waals surface area contributed by atoms with E-state index >= 15 is 0 Å². The maximum Gasteiger partial charge on any atom is 0.410 e. The topological polar surface area (TPSA) is 84.9 Å². The lowest BCUT2D eigenvalue weighted by atomic mass is 10.2. The van der Waals surface area contributed by atoms with Crippen molar-refractivity contribution in [1.82, 2.24) is 10.2 Å². The average Bonchev–Trinajstić information content (AvgIpc) is 2.32. The van der Waals surface area contributed by atoms with Crippen molar-refractivity contribution in [2.24, 2.45) is 0 Å². The van der Waals surface area contributed by atoms with Crippen molar-refractivity contribution in [3.05, 3.63) is 0 Å². The molecule has 0 saturated carbocycles. The Kier molecular flexibility index (Phi) is 6.64. The van der Waals surface area contributed by atoms with Gasteiger partial charge in [-0.15, -0.1) is 0 Å². The monoisotopic (exact) mass is 336 g/mol. The molecule has 1 aliphatic rings. The summed E-state index contributed by atoms with van der Waals surface area (Å²) < 4.78 is 33.4. The Morgan fingerprint density at radius 1 is 1.45 bits per heavy atom. The van der Waals surface area contributed by atoms with Crippen molar-refractivity contribution in [3.8, 4) is 0 Å². The number of hydrogen-bond donors (Lipinski definition) is 1. The summed E-state index contributed by atoms with van der Waals surface area (Å²) in [4.78, 5) is 13.9. The third kappa shape index (κ3) is 7.42. The molecule has 2 unspecified atom stereocenters. The number of carbonyl (C=O) groups is 1. The molecular weight excluding hydrogens is 308 g/mol. The van der Waals surface area contributed by atoms with Gasteiger partial charge in [0.1, 0.15) is 15.4 Å². The van der Waals surface area contributed by atoms with E-state index in [0.29, 0.717) is 26.3 Å². The molecule has 0 aliphatic carbocycles. The molecule has 0 aromatic heterocycles. The van der Waals surface area contributed by atoms with Crippen molar-refractivity contribution in [2.45, 2.75) is 45.4 Å². The minimum absolute atomic E-state index is 0.0625. The quantitative estimate of drug-likeness (QED) is 0.793. The summed E-state index contributed by atoms with van der Waals surface area (Å²) in [6.07, 6.45) is 0.848. The highest BCUT2D eigenvalue weighted by atomic mass is 32.2. The molecule has 1 rings (SSSR count). The summed E-state index contributed by atoms with van der Waals surface area (Å²) in [7, 11) is -3.03. The molecule has 0 bridgehead atoms. The number of rotatable bonds is 5. The Hall–Kier alpha value is -0.860. The molecule has 0 aromatic rings. The minimum atomic E-state index is -3.03. The summed E-state index contributed by atoms with van der Waals surface area (Å²) in [6, 6.07) is -0.344. The number of morpholine rings is 1. The van der Waals surface area contributed by atoms with Crippen molar-refractivity contribution >= 4 is 15.9 Å². The zero-order valence-electron chi connectivity index (χ0n) is 14.1. The van der Waals surface area contributed by atoms with Crippen LogP contribution in [0.1, 0.15) is 27.7 Å². The van der Waals surface area contributed by atoms with Gasteiger partial charge < -0.3 is 14.8 Å². The van der Waals surface area contributed by atoms with E-state index in [1.54, 1.807) is 4.90 Å². The van der Waals surface area contributed by atoms with Gasteiger partial charge in [0.25, 0.3) is 0 Å². The van der Waals surface area contributed by atoms with Gasteiger partial charge in [-0.3, -0.25) is 4.90 Å². The van der Waals surface area contributed by atoms with E-state index < -0.39 is 15.4 Å². The molecule has 1 aliphatic heterocycles. The number of nitrogens with one attached hydrogen (secondary N) is 1. The van der Waals surface area contributed by atoms with Gasteiger partial charge in [0.15, 0.2) is 0 Å². The normalized spacial score (nSPS) is 21.5. The summed E-state index contributed by atoms with van der Waals surface area (Å²) in [5.74, 6) is 0.0625. The maximum atomic E-state index is 12.2. The highest BCUT2D eigenvalue weighted by molar-refractivity contribution is 7.90. The van der Waals surface area contributed by atoms with Crippen LogP contribution >= 0.6 is 0 Å². The number of amides is 1. The molecule has 0 spiro atoms. The molecule has 7 nitrogen and oxygen atoms in total. The van der Waals surface area contributed by atoms with E-state index in [1.807, 2.05) is 27.7 Å². The molecule has 0 aromatic carbocycles. The number of ether oxygens (including phenoxy) is 2. The van der Waals surface area contributed by atoms with Gasteiger partial charge in [0.05, 0.1) is 25.0 Å². The van der Waals surface area contributed by atoms with Crippen LogP contribution in [0.15, 0.2) is 0 Å². The second-order valence-electron chi connectivity index (χ2n) is 6.80. The standard InChI is InChI=1S/C14H28N2O5S/c1-11(10-22(5,18)19)15-8-12-9-20-7-6-16(12)13(17)21-14(2,3)4/h11-12,15H,6-10H2,1-5H3. The van der Waals surface area contributed by atoms with Crippen molar-refractivity contribution in [2.75, 3.05) is 38.3 Å². The Morgan fingerprint density at radius 3 is 2.64 bits per heavy atom. The molecule has 0 radical (unpaired) electrons. The smallest absolute Gasteiger partial charge is 0.410 e. The first-order chi connectivity index (χ1) is 9.98. The Morgan fingerprint density at radius 2 is 2.09 bits per heavy atom. The van der Waals surface area contributed by atoms with Crippen LogP contribution < -0.4 is 5.32 Å². The lowest BCUT2D eigenvalue weighted by Crippen LogP contribution is -2.55. The molecule has 1 heterocycles. The highest BCUT2D eigenvalue weighted by Crippen LogP contribution is 2.14. The van der Waals surface area contributed by atoms with Crippen LogP contribution in [0.25, 0.3) is 0 Å². The maximum absolute atomic E-state index is 12.2. The SMILES string of the molecule is CC(CS(C)(=O)=O)NCC1COCCN1C(=O)OC(C)(C)C. The number of carbonyl (C=O) groups excluding carboxylic acids is 1. The fraction of sp³-hybridized carbons (Fsp3) is 0.929. The van der Waals surface area contributed by atoms with Crippen LogP contribution in [-0.4, -0.2) is 75.4 Å². The molecule has 1 saturated heterocycles. The molecule has 8 heteroatoms. The fourth-order valence-corrected chi connectivity index (χ4v) is 3.26. The van der Waals surface area contributed by atoms with Gasteiger partial charge in [-0.1, -0.05) is 0 Å². The fourth-order valence-electron chi connectivity index (χ4n) is 2.24. The van der Waals surface area contributed by atoms with Gasteiger partial charge in [-0.25, -0.2) is 13.2 Å². The van der Waals surface area contributed by atoms with E-state index in [4.69, 9.17) is 9.47 Å². The molecular formula is C14H28N2O5S. The van der Waals surface area contributed by atoms with E-state index in [0.717, 1.165) is 0 Å². The van der Waals surface area contributed by atoms with Crippen molar-refractivity contribution in [3.63, 3.8) is 0 Å². The van der Waals surface area contributed by atoms with E-state index in [2.05, 4.69) is 5.32 Å². The van der Waals surface area contributed by atoms with Crippen LogP contribution in [0, 0.1) is 0 Å². The molecule has 1 amide bonds. The van der Waals surface area contributed by atoms with Gasteiger partial charge >= 0.3 is 6.09 Å². The first-order valence-electron chi connectivity index (χ1n) is 7.46. The molecule has 1 fully saturated rings. The highest BCUT2D eigenvalue weighted by Gasteiger charge is 2.31. The van der Waals surface area contributed by atoms with Gasteiger partial charge in [-0.05, 0) is 27.7 Å². The third-order valence-electron chi connectivity index (χ3n) is 3.11. The van der Waals surface area contributed by atoms with E-state index in [-0.39, 0.29) is 23.9 Å². The van der Waals surface area contributed by atoms with Crippen LogP contribution in [0.2, 0.25) is 0 Å². The minimum Gasteiger partial charge on any atom is -0.444 e. The van der Waals surface area contributed by atoms with Gasteiger partial charge in [0.2, 0.25) is 0 Å². The van der Waals surface area contributed by atoms with Crippen LogP contribution in [0.5, 0.6) is 0 Å². The first kappa shape index (κ1) is 19.2. The summed E-state index contributed by atoms with van der Waals surface area (Å²) >= 11 is 0. The molecule has 22 heavy (non-hydrogen) atoms. The molecule has 130 valence electrons. The number of nitrogens with zero attached hydrogens (tertiary/aromatic N) is 1. The predicted molar refractivity (Wildman–Crippen MR) is 84.7 cm³/mol. The van der Waals surface area contributed by atoms with Crippen LogP contribution in [-0.2, 0) is 19.3 Å². The Labute approximate surface area is 133 Å². The Balaban J connectivity index is 2.57. The second kappa shape index (κ2) is 7.61. The number of sulfone groups is 1. The predicted octanol–water partition coefficient (Wildman–Crippen LogP) is 0.645. The molecule has 2 atom stereocenters. The first-order valence-corrected chi connectivity index (χ1v) is 9.52. The Bertz CT molecular complexity index is 472. The van der Waals surface area contributed by atoms with E-state index in [9.17, 15) is 13.2 Å². The summed E-state index contributed by atoms with van der Waals surface area (Å²) in [6.45, 7) is 9.12. The van der Waals surface area contributed by atoms with E-state index in [1.165, 1.54) is 6.26 Å². The largest absolute Gasteiger partial charge is 0.444 e. The zero-order chi connectivity index (χ0) is 17.0. The lowest BCUT2D eigenvalue weighted by molar-refractivity contribution is -0.0320.